The Hall–Kier alpha value is -0.950. The van der Waals surface area contributed by atoms with E-state index in [-0.39, 0.29) is 6.03 Å². The number of anilines is 1. The van der Waals surface area contributed by atoms with Crippen molar-refractivity contribution in [1.82, 2.24) is 15.5 Å². The first kappa shape index (κ1) is 10.1. The van der Waals surface area contributed by atoms with Gasteiger partial charge in [-0.25, -0.2) is 4.79 Å². The number of carbonyl (C=O) groups is 1. The van der Waals surface area contributed by atoms with Crippen LogP contribution in [0, 0.1) is 0 Å². The Morgan fingerprint density at radius 1 is 1.77 bits per heavy atom. The molecule has 0 aliphatic heterocycles. The van der Waals surface area contributed by atoms with Gasteiger partial charge in [-0.15, -0.1) is 10.2 Å². The molecule has 1 heterocycles. The monoisotopic (exact) mass is 262 g/mol. The van der Waals surface area contributed by atoms with Crippen LogP contribution in [0.3, 0.4) is 0 Å². The highest BCUT2D eigenvalue weighted by Gasteiger charge is 2.02. The van der Waals surface area contributed by atoms with Crippen LogP contribution < -0.4 is 10.6 Å². The second kappa shape index (κ2) is 4.93. The zero-order chi connectivity index (χ0) is 9.68. The second-order valence-electron chi connectivity index (χ2n) is 2.07. The molecular formula is C6H7BrN4OS. The van der Waals surface area contributed by atoms with Crippen LogP contribution in [0.15, 0.2) is 16.6 Å². The maximum atomic E-state index is 11.1. The van der Waals surface area contributed by atoms with Gasteiger partial charge in [0.1, 0.15) is 5.51 Å². The van der Waals surface area contributed by atoms with E-state index in [1.54, 1.807) is 5.51 Å². The van der Waals surface area contributed by atoms with Crippen LogP contribution in [0.5, 0.6) is 0 Å². The first-order valence-corrected chi connectivity index (χ1v) is 5.00. The number of urea groups is 1. The molecule has 0 aliphatic carbocycles. The number of nitrogens with one attached hydrogen (secondary N) is 2. The van der Waals surface area contributed by atoms with Crippen molar-refractivity contribution in [2.24, 2.45) is 0 Å². The highest BCUT2D eigenvalue weighted by molar-refractivity contribution is 9.11. The minimum atomic E-state index is -0.322. The lowest BCUT2D eigenvalue weighted by Gasteiger charge is -2.02. The third kappa shape index (κ3) is 4.00. The molecule has 0 bridgehead atoms. The van der Waals surface area contributed by atoms with Crippen LogP contribution in [0.4, 0.5) is 9.93 Å². The van der Waals surface area contributed by atoms with Gasteiger partial charge < -0.3 is 5.32 Å². The molecule has 2 N–H and O–H groups in total. The van der Waals surface area contributed by atoms with E-state index in [2.05, 4.69) is 43.3 Å². The normalized spacial score (nSPS) is 9.31. The third-order valence-electron chi connectivity index (χ3n) is 1.02. The predicted octanol–water partition coefficient (Wildman–Crippen LogP) is 1.57. The van der Waals surface area contributed by atoms with Crippen molar-refractivity contribution < 1.29 is 4.79 Å². The zero-order valence-electron chi connectivity index (χ0n) is 6.58. The van der Waals surface area contributed by atoms with E-state index in [1.807, 2.05) is 0 Å². The van der Waals surface area contributed by atoms with E-state index >= 15 is 0 Å². The van der Waals surface area contributed by atoms with Gasteiger partial charge in [-0.05, 0) is 0 Å². The molecule has 7 heteroatoms. The summed E-state index contributed by atoms with van der Waals surface area (Å²) in [5.74, 6) is 0. The zero-order valence-corrected chi connectivity index (χ0v) is 8.98. The first-order valence-electron chi connectivity index (χ1n) is 3.33. The molecule has 0 aliphatic rings. The van der Waals surface area contributed by atoms with E-state index in [1.165, 1.54) is 11.3 Å². The maximum Gasteiger partial charge on any atom is 0.321 e. The SMILES string of the molecule is C=C(Br)CNC(=O)Nc1nncs1. The molecular weight excluding hydrogens is 256 g/mol. The Morgan fingerprint density at radius 3 is 3.08 bits per heavy atom. The van der Waals surface area contributed by atoms with Crippen LogP contribution in [-0.4, -0.2) is 22.8 Å². The summed E-state index contributed by atoms with van der Waals surface area (Å²) in [5.41, 5.74) is 1.54. The largest absolute Gasteiger partial charge is 0.333 e. The van der Waals surface area contributed by atoms with Crippen LogP contribution in [0.1, 0.15) is 0 Å². The quantitative estimate of drug-likeness (QED) is 0.869. The van der Waals surface area contributed by atoms with Crippen LogP contribution in [-0.2, 0) is 0 Å². The standard InChI is InChI=1S/C6H7BrN4OS/c1-4(7)2-8-5(12)10-6-11-9-3-13-6/h3H,1-2H2,(H2,8,10,11,12). The van der Waals surface area contributed by atoms with Crippen molar-refractivity contribution in [3.63, 3.8) is 0 Å². The van der Waals surface area contributed by atoms with E-state index in [4.69, 9.17) is 0 Å². The van der Waals surface area contributed by atoms with Gasteiger partial charge in [-0.2, -0.15) is 0 Å². The summed E-state index contributed by atoms with van der Waals surface area (Å²) in [6.45, 7) is 3.95. The van der Waals surface area contributed by atoms with Gasteiger partial charge in [0, 0.05) is 4.48 Å². The summed E-state index contributed by atoms with van der Waals surface area (Å²) in [6, 6.07) is -0.322. The van der Waals surface area contributed by atoms with E-state index in [0.29, 0.717) is 16.2 Å². The Balaban J connectivity index is 2.30. The van der Waals surface area contributed by atoms with Gasteiger partial charge in [0.25, 0.3) is 0 Å². The van der Waals surface area contributed by atoms with Crippen LogP contribution in [0.2, 0.25) is 0 Å². The molecule has 0 atom stereocenters. The molecule has 0 fully saturated rings. The molecule has 70 valence electrons. The van der Waals surface area contributed by atoms with Gasteiger partial charge in [0.05, 0.1) is 6.54 Å². The van der Waals surface area contributed by atoms with Gasteiger partial charge >= 0.3 is 6.03 Å². The van der Waals surface area contributed by atoms with Crippen LogP contribution in [0.25, 0.3) is 0 Å². The Morgan fingerprint density at radius 2 is 2.54 bits per heavy atom. The molecule has 0 saturated carbocycles. The third-order valence-corrected chi connectivity index (χ3v) is 1.91. The van der Waals surface area contributed by atoms with Crippen molar-refractivity contribution in [1.29, 1.82) is 0 Å². The number of nitrogens with zero attached hydrogens (tertiary/aromatic N) is 2. The Kier molecular flexibility index (Phi) is 3.84. The number of halogens is 1. The van der Waals surface area contributed by atoms with Gasteiger partial charge in [0.2, 0.25) is 5.13 Å². The summed E-state index contributed by atoms with van der Waals surface area (Å²) in [7, 11) is 0. The van der Waals surface area contributed by atoms with E-state index in [9.17, 15) is 4.79 Å². The number of hydrogen-bond acceptors (Lipinski definition) is 4. The van der Waals surface area contributed by atoms with Gasteiger partial charge in [-0.3, -0.25) is 5.32 Å². The lowest BCUT2D eigenvalue weighted by atomic mass is 10.6. The maximum absolute atomic E-state index is 11.1. The fraction of sp³-hybridized carbons (Fsp3) is 0.167. The predicted molar refractivity (Wildman–Crippen MR) is 55.0 cm³/mol. The number of aromatic nitrogens is 2. The molecule has 0 saturated heterocycles. The summed E-state index contributed by atoms with van der Waals surface area (Å²) in [5, 5.41) is 12.8. The van der Waals surface area contributed by atoms with Gasteiger partial charge in [0.15, 0.2) is 0 Å². The number of rotatable bonds is 3. The average molecular weight is 263 g/mol. The molecule has 1 aromatic rings. The Labute approximate surface area is 87.4 Å². The first-order chi connectivity index (χ1) is 6.18. The lowest BCUT2D eigenvalue weighted by molar-refractivity contribution is 0.253. The Bertz CT molecular complexity index is 300. The van der Waals surface area contributed by atoms with Crippen molar-refractivity contribution in [2.45, 2.75) is 0 Å². The molecule has 13 heavy (non-hydrogen) atoms. The second-order valence-corrected chi connectivity index (χ2v) is 4.02. The molecule has 1 aromatic heterocycles. The molecule has 2 amide bonds. The molecule has 1 rings (SSSR count). The fourth-order valence-electron chi connectivity index (χ4n) is 0.545. The van der Waals surface area contributed by atoms with Gasteiger partial charge in [-0.1, -0.05) is 33.8 Å². The number of carbonyl (C=O) groups excluding carboxylic acids is 1. The molecule has 5 nitrogen and oxygen atoms in total. The molecule has 0 unspecified atom stereocenters. The van der Waals surface area contributed by atoms with E-state index < -0.39 is 0 Å². The lowest BCUT2D eigenvalue weighted by Crippen LogP contribution is -2.29. The summed E-state index contributed by atoms with van der Waals surface area (Å²) in [4.78, 5) is 11.1. The summed E-state index contributed by atoms with van der Waals surface area (Å²) in [6.07, 6.45) is 0. The number of amides is 2. The van der Waals surface area contributed by atoms with Crippen LogP contribution >= 0.6 is 27.3 Å². The summed E-state index contributed by atoms with van der Waals surface area (Å²) >= 11 is 4.38. The molecule has 0 spiro atoms. The van der Waals surface area contributed by atoms with E-state index in [0.717, 1.165) is 0 Å². The fourth-order valence-corrected chi connectivity index (χ4v) is 1.13. The highest BCUT2D eigenvalue weighted by Crippen LogP contribution is 2.07. The average Bonchev–Trinajstić information content (AvgIpc) is 2.53. The van der Waals surface area contributed by atoms with Crippen molar-refractivity contribution in [2.75, 3.05) is 11.9 Å². The minimum absolute atomic E-state index is 0.322. The van der Waals surface area contributed by atoms with Crippen molar-refractivity contribution in [3.8, 4) is 0 Å². The topological polar surface area (TPSA) is 66.9 Å². The smallest absolute Gasteiger partial charge is 0.321 e. The number of hydrogen-bond donors (Lipinski definition) is 2. The summed E-state index contributed by atoms with van der Waals surface area (Å²) < 4.78 is 0.708. The minimum Gasteiger partial charge on any atom is -0.333 e. The molecule has 0 aromatic carbocycles. The molecule has 0 radical (unpaired) electrons. The van der Waals surface area contributed by atoms with Crippen molar-refractivity contribution in [3.05, 3.63) is 16.6 Å². The highest BCUT2D eigenvalue weighted by atomic mass is 79.9. The van der Waals surface area contributed by atoms with Crippen molar-refractivity contribution >= 4 is 38.4 Å².